The first-order chi connectivity index (χ1) is 9.31. The van der Waals surface area contributed by atoms with Crippen LogP contribution in [0.15, 0.2) is 36.5 Å². The predicted molar refractivity (Wildman–Crippen MR) is 72.3 cm³/mol. The lowest BCUT2D eigenvalue weighted by Gasteiger charge is -2.04. The molecule has 0 bridgehead atoms. The van der Waals surface area contributed by atoms with Crippen molar-refractivity contribution in [2.24, 2.45) is 0 Å². The zero-order valence-electron chi connectivity index (χ0n) is 10.7. The van der Waals surface area contributed by atoms with Crippen LogP contribution in [0.2, 0.25) is 0 Å². The number of anilines is 1. The lowest BCUT2D eigenvalue weighted by molar-refractivity contribution is 0.415. The highest BCUT2D eigenvalue weighted by molar-refractivity contribution is 5.62. The van der Waals surface area contributed by atoms with Crippen LogP contribution in [0, 0.1) is 0 Å². The normalized spacial score (nSPS) is 10.6. The van der Waals surface area contributed by atoms with Crippen molar-refractivity contribution in [1.29, 1.82) is 0 Å². The summed E-state index contributed by atoms with van der Waals surface area (Å²) in [6, 6.07) is 9.70. The highest BCUT2D eigenvalue weighted by atomic mass is 16.5. The number of hydrogen-bond acceptors (Lipinski definition) is 5. The first-order valence-electron chi connectivity index (χ1n) is 5.86. The SMILES string of the molecule is CNc1nc2nccc(-c3ccc(OC)cc3)n2n1. The third-order valence-electron chi connectivity index (χ3n) is 2.85. The van der Waals surface area contributed by atoms with Crippen LogP contribution in [0.1, 0.15) is 0 Å². The molecule has 0 atom stereocenters. The van der Waals surface area contributed by atoms with Crippen LogP contribution in [-0.2, 0) is 0 Å². The number of aromatic nitrogens is 4. The summed E-state index contributed by atoms with van der Waals surface area (Å²) in [7, 11) is 3.43. The standard InChI is InChI=1S/C13H13N5O/c1-14-12-16-13-15-8-7-11(18(13)17-12)9-3-5-10(19-2)6-4-9/h3-8H,1-2H3,(H,14,17). The summed E-state index contributed by atoms with van der Waals surface area (Å²) in [5, 5.41) is 7.26. The molecule has 0 radical (unpaired) electrons. The first-order valence-corrected chi connectivity index (χ1v) is 5.86. The van der Waals surface area contributed by atoms with Crippen LogP contribution in [0.3, 0.4) is 0 Å². The topological polar surface area (TPSA) is 64.3 Å². The van der Waals surface area contributed by atoms with Crippen molar-refractivity contribution < 1.29 is 4.74 Å². The maximum atomic E-state index is 5.16. The van der Waals surface area contributed by atoms with Crippen molar-refractivity contribution in [3.05, 3.63) is 36.5 Å². The zero-order chi connectivity index (χ0) is 13.2. The van der Waals surface area contributed by atoms with Gasteiger partial charge in [-0.25, -0.2) is 4.98 Å². The van der Waals surface area contributed by atoms with Gasteiger partial charge in [-0.3, -0.25) is 0 Å². The Bertz CT molecular complexity index is 705. The van der Waals surface area contributed by atoms with Crippen LogP contribution < -0.4 is 10.1 Å². The van der Waals surface area contributed by atoms with E-state index in [1.165, 1.54) is 0 Å². The van der Waals surface area contributed by atoms with E-state index >= 15 is 0 Å². The molecule has 2 heterocycles. The number of ether oxygens (including phenoxy) is 1. The summed E-state index contributed by atoms with van der Waals surface area (Å²) < 4.78 is 6.87. The van der Waals surface area contributed by atoms with Gasteiger partial charge in [-0.1, -0.05) is 0 Å². The van der Waals surface area contributed by atoms with Gasteiger partial charge in [-0.2, -0.15) is 9.50 Å². The Morgan fingerprint density at radius 2 is 1.95 bits per heavy atom. The van der Waals surface area contributed by atoms with Gasteiger partial charge in [0.05, 0.1) is 12.8 Å². The second kappa shape index (κ2) is 4.56. The Hall–Kier alpha value is -2.63. The summed E-state index contributed by atoms with van der Waals surface area (Å²) >= 11 is 0. The van der Waals surface area contributed by atoms with Crippen LogP contribution in [0.5, 0.6) is 5.75 Å². The number of nitrogens with zero attached hydrogens (tertiary/aromatic N) is 4. The maximum absolute atomic E-state index is 5.16. The molecule has 0 aliphatic rings. The predicted octanol–water partition coefficient (Wildman–Crippen LogP) is 1.84. The van der Waals surface area contributed by atoms with Crippen molar-refractivity contribution in [3.8, 4) is 17.0 Å². The largest absolute Gasteiger partial charge is 0.497 e. The Morgan fingerprint density at radius 3 is 2.63 bits per heavy atom. The van der Waals surface area contributed by atoms with Gasteiger partial charge >= 0.3 is 0 Å². The van der Waals surface area contributed by atoms with Crippen molar-refractivity contribution >= 4 is 11.7 Å². The molecular weight excluding hydrogens is 242 g/mol. The number of methoxy groups -OCH3 is 1. The molecule has 0 aliphatic heterocycles. The molecule has 1 N–H and O–H groups in total. The molecule has 0 amide bonds. The molecule has 0 unspecified atom stereocenters. The second-order valence-corrected chi connectivity index (χ2v) is 3.96. The zero-order valence-corrected chi connectivity index (χ0v) is 10.7. The average Bonchev–Trinajstić information content (AvgIpc) is 2.90. The highest BCUT2D eigenvalue weighted by Gasteiger charge is 2.08. The van der Waals surface area contributed by atoms with Crippen LogP contribution in [0.4, 0.5) is 5.95 Å². The number of nitrogens with one attached hydrogen (secondary N) is 1. The molecule has 0 saturated heterocycles. The molecule has 2 aromatic heterocycles. The van der Waals surface area contributed by atoms with E-state index in [9.17, 15) is 0 Å². The van der Waals surface area contributed by atoms with Gasteiger partial charge in [0, 0.05) is 18.8 Å². The molecule has 96 valence electrons. The van der Waals surface area contributed by atoms with Gasteiger partial charge in [0.2, 0.25) is 5.95 Å². The summed E-state index contributed by atoms with van der Waals surface area (Å²) in [6.07, 6.45) is 1.73. The van der Waals surface area contributed by atoms with E-state index in [1.54, 1.807) is 24.9 Å². The highest BCUT2D eigenvalue weighted by Crippen LogP contribution is 2.22. The minimum atomic E-state index is 0.550. The Kier molecular flexibility index (Phi) is 2.75. The third kappa shape index (κ3) is 1.97. The lowest BCUT2D eigenvalue weighted by Crippen LogP contribution is -1.96. The summed E-state index contributed by atoms with van der Waals surface area (Å²) in [5.41, 5.74) is 1.96. The summed E-state index contributed by atoms with van der Waals surface area (Å²) in [4.78, 5) is 8.45. The fourth-order valence-electron chi connectivity index (χ4n) is 1.88. The maximum Gasteiger partial charge on any atom is 0.254 e. The minimum absolute atomic E-state index is 0.550. The summed E-state index contributed by atoms with van der Waals surface area (Å²) in [5.74, 6) is 1.94. The van der Waals surface area contributed by atoms with Gasteiger partial charge in [0.15, 0.2) is 0 Å². The molecule has 19 heavy (non-hydrogen) atoms. The van der Waals surface area contributed by atoms with E-state index in [1.807, 2.05) is 30.3 Å². The Labute approximate surface area is 110 Å². The monoisotopic (exact) mass is 255 g/mol. The van der Waals surface area contributed by atoms with Crippen molar-refractivity contribution in [2.75, 3.05) is 19.5 Å². The van der Waals surface area contributed by atoms with Gasteiger partial charge < -0.3 is 10.1 Å². The van der Waals surface area contributed by atoms with E-state index in [4.69, 9.17) is 4.74 Å². The molecule has 0 fully saturated rings. The number of hydrogen-bond donors (Lipinski definition) is 1. The van der Waals surface area contributed by atoms with Crippen LogP contribution >= 0.6 is 0 Å². The summed E-state index contributed by atoms with van der Waals surface area (Å²) in [6.45, 7) is 0. The molecule has 6 nitrogen and oxygen atoms in total. The molecular formula is C13H13N5O. The van der Waals surface area contributed by atoms with Crippen molar-refractivity contribution in [2.45, 2.75) is 0 Å². The number of fused-ring (bicyclic) bond motifs is 1. The van der Waals surface area contributed by atoms with Gasteiger partial charge in [-0.05, 0) is 30.3 Å². The average molecular weight is 255 g/mol. The first kappa shape index (κ1) is 11.5. The van der Waals surface area contributed by atoms with E-state index in [2.05, 4.69) is 20.4 Å². The molecule has 1 aromatic carbocycles. The van der Waals surface area contributed by atoms with Crippen LogP contribution in [0.25, 0.3) is 17.0 Å². The fourth-order valence-corrected chi connectivity index (χ4v) is 1.88. The molecule has 3 rings (SSSR count). The van der Waals surface area contributed by atoms with Crippen LogP contribution in [-0.4, -0.2) is 33.7 Å². The number of benzene rings is 1. The van der Waals surface area contributed by atoms with E-state index in [0.717, 1.165) is 17.0 Å². The third-order valence-corrected chi connectivity index (χ3v) is 2.85. The Balaban J connectivity index is 2.15. The number of rotatable bonds is 3. The van der Waals surface area contributed by atoms with Crippen molar-refractivity contribution in [3.63, 3.8) is 0 Å². The van der Waals surface area contributed by atoms with E-state index in [0.29, 0.717) is 11.7 Å². The lowest BCUT2D eigenvalue weighted by atomic mass is 10.1. The minimum Gasteiger partial charge on any atom is -0.497 e. The molecule has 6 heteroatoms. The second-order valence-electron chi connectivity index (χ2n) is 3.96. The van der Waals surface area contributed by atoms with E-state index in [-0.39, 0.29) is 0 Å². The Morgan fingerprint density at radius 1 is 1.16 bits per heavy atom. The smallest absolute Gasteiger partial charge is 0.254 e. The quantitative estimate of drug-likeness (QED) is 0.773. The van der Waals surface area contributed by atoms with Gasteiger partial charge in [-0.15, -0.1) is 5.10 Å². The van der Waals surface area contributed by atoms with Gasteiger partial charge in [0.25, 0.3) is 5.78 Å². The van der Waals surface area contributed by atoms with E-state index < -0.39 is 0 Å². The molecule has 0 spiro atoms. The molecule has 3 aromatic rings. The van der Waals surface area contributed by atoms with Crippen molar-refractivity contribution in [1.82, 2.24) is 19.6 Å². The molecule has 0 saturated carbocycles. The van der Waals surface area contributed by atoms with Gasteiger partial charge in [0.1, 0.15) is 5.75 Å². The fraction of sp³-hybridized carbons (Fsp3) is 0.154. The molecule has 0 aliphatic carbocycles.